The van der Waals surface area contributed by atoms with Crippen molar-refractivity contribution in [3.8, 4) is 23.7 Å². The Morgan fingerprint density at radius 2 is 0.681 bits per heavy atom. The highest BCUT2D eigenvalue weighted by Gasteiger charge is 2.02. The average molecular weight is 615 g/mol. The first-order valence-electron chi connectivity index (χ1n) is 15.8. The summed E-state index contributed by atoms with van der Waals surface area (Å²) in [5.74, 6) is 13.6. The molecule has 0 fully saturated rings. The van der Waals surface area contributed by atoms with Crippen LogP contribution < -0.4 is 0 Å². The van der Waals surface area contributed by atoms with Crippen molar-refractivity contribution in [2.45, 2.75) is 13.8 Å². The van der Waals surface area contributed by atoms with Gasteiger partial charge >= 0.3 is 0 Å². The number of rotatable bonds is 0. The lowest BCUT2D eigenvalue weighted by atomic mass is 10.0. The molecule has 1 heteroatoms. The maximum Gasteiger partial charge on any atom is 0.0775 e. The van der Waals surface area contributed by atoms with Gasteiger partial charge in [0.05, 0.1) is 4.88 Å². The number of benzene rings is 6. The molecule has 0 saturated carbocycles. The number of thiophene rings is 1. The van der Waals surface area contributed by atoms with Gasteiger partial charge < -0.3 is 0 Å². The van der Waals surface area contributed by atoms with Crippen LogP contribution >= 0.6 is 11.3 Å². The molecule has 220 valence electrons. The third kappa shape index (κ3) is 5.71. The van der Waals surface area contributed by atoms with Gasteiger partial charge in [0.1, 0.15) is 0 Å². The van der Waals surface area contributed by atoms with Crippen LogP contribution in [-0.4, -0.2) is 0 Å². The molecule has 7 aromatic rings. The van der Waals surface area contributed by atoms with Crippen molar-refractivity contribution in [1.82, 2.24) is 0 Å². The van der Waals surface area contributed by atoms with E-state index in [0.29, 0.717) is 0 Å². The first-order chi connectivity index (χ1) is 23.1. The lowest BCUT2D eigenvalue weighted by Gasteiger charge is -2.02. The molecule has 1 aromatic heterocycles. The van der Waals surface area contributed by atoms with Gasteiger partial charge in [-0.2, -0.15) is 0 Å². The third-order valence-corrected chi connectivity index (χ3v) is 9.77. The van der Waals surface area contributed by atoms with Crippen LogP contribution in [-0.2, 0) is 0 Å². The maximum atomic E-state index is 3.54. The van der Waals surface area contributed by atoms with Crippen LogP contribution in [0.3, 0.4) is 0 Å². The van der Waals surface area contributed by atoms with Crippen molar-refractivity contribution in [2.75, 3.05) is 0 Å². The van der Waals surface area contributed by atoms with Gasteiger partial charge in [0, 0.05) is 16.0 Å². The Hall–Kier alpha value is -5.86. The Morgan fingerprint density at radius 1 is 0.362 bits per heavy atom. The Labute approximate surface area is 276 Å². The minimum atomic E-state index is 0.990. The van der Waals surface area contributed by atoms with Gasteiger partial charge in [-0.3, -0.25) is 0 Å². The molecule has 0 radical (unpaired) electrons. The van der Waals surface area contributed by atoms with E-state index in [4.69, 9.17) is 0 Å². The van der Waals surface area contributed by atoms with Gasteiger partial charge in [-0.1, -0.05) is 139 Å². The molecule has 6 aromatic carbocycles. The van der Waals surface area contributed by atoms with Crippen LogP contribution in [0.1, 0.15) is 27.8 Å². The van der Waals surface area contributed by atoms with Crippen LogP contribution in [0.15, 0.2) is 146 Å². The van der Waals surface area contributed by atoms with Crippen LogP contribution in [0.4, 0.5) is 0 Å². The Bertz CT molecular complexity index is 3000. The quantitative estimate of drug-likeness (QED) is 0.149. The topological polar surface area (TPSA) is 0 Å². The van der Waals surface area contributed by atoms with Crippen molar-refractivity contribution in [3.05, 3.63) is 229 Å². The van der Waals surface area contributed by atoms with E-state index in [1.165, 1.54) is 46.6 Å². The van der Waals surface area contributed by atoms with E-state index in [2.05, 4.69) is 176 Å². The SMILES string of the molecule is CC#Cc1cc2c(C#Cc3ccc(C)s3)cc1=c1ccc(cc1)=c1ccc(cc1)=c1ccc(cc1)=c1ccc(cc1)=c1ccc=2cc1. The van der Waals surface area contributed by atoms with Crippen molar-refractivity contribution in [2.24, 2.45) is 0 Å². The molecule has 0 atom stereocenters. The van der Waals surface area contributed by atoms with Crippen LogP contribution in [0.25, 0.3) is 0 Å². The molecular weight excluding hydrogens is 585 g/mol. The van der Waals surface area contributed by atoms with Gasteiger partial charge in [-0.15, -0.1) is 17.3 Å². The first-order valence-corrected chi connectivity index (χ1v) is 16.6. The predicted octanol–water partition coefficient (Wildman–Crippen LogP) is 9.86. The molecule has 1 heterocycles. The smallest absolute Gasteiger partial charge is 0.0775 e. The van der Waals surface area contributed by atoms with Gasteiger partial charge in [0.25, 0.3) is 0 Å². The molecular formula is C46H30S. The molecule has 0 spiro atoms. The highest BCUT2D eigenvalue weighted by atomic mass is 32.1. The van der Waals surface area contributed by atoms with E-state index < -0.39 is 0 Å². The predicted molar refractivity (Wildman–Crippen MR) is 192 cm³/mol. The molecule has 12 bridgehead atoms. The molecule has 16 aliphatic carbocycles. The second-order valence-corrected chi connectivity index (χ2v) is 13.2. The first kappa shape index (κ1) is 28.6. The van der Waals surface area contributed by atoms with E-state index in [9.17, 15) is 0 Å². The van der Waals surface area contributed by atoms with Crippen molar-refractivity contribution >= 4 is 11.3 Å². The monoisotopic (exact) mass is 614 g/mol. The highest BCUT2D eigenvalue weighted by molar-refractivity contribution is 7.12. The zero-order chi connectivity index (χ0) is 31.7. The molecule has 0 aliphatic heterocycles. The second-order valence-electron chi connectivity index (χ2n) is 11.9. The number of aryl methyl sites for hydroxylation is 1. The summed E-state index contributed by atoms with van der Waals surface area (Å²) in [5, 5.41) is 14.0. The van der Waals surface area contributed by atoms with E-state index in [1.807, 2.05) is 6.92 Å². The minimum Gasteiger partial charge on any atom is -0.132 e. The fourth-order valence-corrected chi connectivity index (χ4v) is 7.02. The Kier molecular flexibility index (Phi) is 7.39. The zero-order valence-electron chi connectivity index (χ0n) is 26.3. The summed E-state index contributed by atoms with van der Waals surface area (Å²) < 4.78 is 0. The molecule has 23 rings (SSSR count). The fraction of sp³-hybridized carbons (Fsp3) is 0.0435. The van der Waals surface area contributed by atoms with Crippen LogP contribution in [0.5, 0.6) is 0 Å². The summed E-state index contributed by atoms with van der Waals surface area (Å²) in [5.41, 5.74) is 1.99. The summed E-state index contributed by atoms with van der Waals surface area (Å²) in [7, 11) is 0. The van der Waals surface area contributed by atoms with Gasteiger partial charge in [0.15, 0.2) is 0 Å². The molecule has 0 nitrogen and oxygen atoms in total. The van der Waals surface area contributed by atoms with Crippen molar-refractivity contribution < 1.29 is 0 Å². The summed E-state index contributed by atoms with van der Waals surface area (Å²) in [6.45, 7) is 4.02. The zero-order valence-corrected chi connectivity index (χ0v) is 27.1. The standard InChI is InChI=1S/C46H30S/c1-3-4-42-29-46-41-24-20-39(21-25-41)37-16-12-35(13-17-37)33-8-6-32(7-9-33)34-10-14-36(15-11-34)38-18-22-40(23-19-38)45(42)30-43(46)26-28-44-27-5-31(2)47-44/h5-25,27,29-30H,1-2H3. The molecule has 0 saturated heterocycles. The highest BCUT2D eigenvalue weighted by Crippen LogP contribution is 2.16. The Morgan fingerprint density at radius 3 is 0.979 bits per heavy atom. The van der Waals surface area contributed by atoms with Crippen molar-refractivity contribution in [3.63, 3.8) is 0 Å². The lowest BCUT2D eigenvalue weighted by molar-refractivity contribution is 1.36. The van der Waals surface area contributed by atoms with E-state index >= 15 is 0 Å². The van der Waals surface area contributed by atoms with Crippen molar-refractivity contribution in [1.29, 1.82) is 0 Å². The van der Waals surface area contributed by atoms with Gasteiger partial charge in [-0.25, -0.2) is 0 Å². The fourth-order valence-electron chi connectivity index (χ4n) is 6.30. The number of hydrogen-bond donors (Lipinski definition) is 0. The van der Waals surface area contributed by atoms with E-state index in [1.54, 1.807) is 11.3 Å². The summed E-state index contributed by atoms with van der Waals surface area (Å²) in [4.78, 5) is 2.33. The molecule has 0 unspecified atom stereocenters. The molecule has 0 N–H and O–H groups in total. The van der Waals surface area contributed by atoms with E-state index in [0.717, 1.165) is 36.9 Å². The lowest BCUT2D eigenvalue weighted by Crippen LogP contribution is -1.89. The van der Waals surface area contributed by atoms with Crippen LogP contribution in [0.2, 0.25) is 0 Å². The molecule has 0 amide bonds. The molecule has 16 aliphatic rings. The summed E-state index contributed by atoms with van der Waals surface area (Å²) in [6, 6.07) is 52.9. The normalized spacial score (nSPS) is 10.9. The third-order valence-electron chi connectivity index (χ3n) is 8.86. The van der Waals surface area contributed by atoms with E-state index in [-0.39, 0.29) is 0 Å². The number of hydrogen-bond acceptors (Lipinski definition) is 1. The summed E-state index contributed by atoms with van der Waals surface area (Å²) in [6.07, 6.45) is 0. The Balaban J connectivity index is 1.53. The average Bonchev–Trinajstić information content (AvgIpc) is 3.56. The largest absolute Gasteiger partial charge is 0.132 e. The second kappa shape index (κ2) is 12.2. The van der Waals surface area contributed by atoms with Crippen LogP contribution in [0, 0.1) is 93.2 Å². The minimum absolute atomic E-state index is 0.990. The van der Waals surface area contributed by atoms with Gasteiger partial charge in [0.2, 0.25) is 0 Å². The maximum absolute atomic E-state index is 3.54. The molecule has 47 heavy (non-hydrogen) atoms. The summed E-state index contributed by atoms with van der Waals surface area (Å²) >= 11 is 1.73. The van der Waals surface area contributed by atoms with Gasteiger partial charge in [-0.05, 0) is 101 Å².